The van der Waals surface area contributed by atoms with Gasteiger partial charge in [-0.05, 0) is 59.2 Å². The van der Waals surface area contributed by atoms with Crippen LogP contribution in [0.5, 0.6) is 0 Å². The maximum Gasteiger partial charge on any atom is 0.252 e. The van der Waals surface area contributed by atoms with Crippen molar-refractivity contribution in [2.24, 2.45) is 0 Å². The molecule has 0 aliphatic carbocycles. The molecule has 23 heavy (non-hydrogen) atoms. The number of rotatable bonds is 4. The minimum Gasteiger partial charge on any atom is -0.350 e. The molecule has 1 atom stereocenters. The van der Waals surface area contributed by atoms with E-state index in [2.05, 4.69) is 64.0 Å². The second-order valence-corrected chi connectivity index (χ2v) is 7.19. The first-order valence-corrected chi connectivity index (χ1v) is 9.06. The summed E-state index contributed by atoms with van der Waals surface area (Å²) in [7, 11) is 0. The van der Waals surface area contributed by atoms with Gasteiger partial charge < -0.3 is 5.32 Å². The predicted octanol–water partition coefficient (Wildman–Crippen LogP) is 3.47. The third-order valence-electron chi connectivity index (χ3n) is 4.46. The van der Waals surface area contributed by atoms with E-state index in [1.54, 1.807) is 0 Å². The van der Waals surface area contributed by atoms with Gasteiger partial charge in [0.25, 0.3) is 5.91 Å². The number of amides is 1. The lowest BCUT2D eigenvalue weighted by atomic mass is 9.99. The number of fused-ring (bicyclic) bond motifs is 1. The molecule has 1 aliphatic rings. The molecule has 1 aliphatic heterocycles. The lowest BCUT2D eigenvalue weighted by Gasteiger charge is -2.33. The van der Waals surface area contributed by atoms with Gasteiger partial charge in [0.2, 0.25) is 0 Å². The third-order valence-corrected chi connectivity index (χ3v) is 5.40. The first-order chi connectivity index (χ1) is 11.1. The number of hydrogen-bond donors (Lipinski definition) is 1. The van der Waals surface area contributed by atoms with E-state index in [0.717, 1.165) is 28.6 Å². The van der Waals surface area contributed by atoms with Gasteiger partial charge >= 0.3 is 0 Å². The monoisotopic (exact) mass is 420 g/mol. The van der Waals surface area contributed by atoms with Crippen LogP contribution < -0.4 is 5.32 Å². The topological polar surface area (TPSA) is 32.3 Å². The molecule has 0 saturated carbocycles. The molecule has 0 fully saturated rings. The maximum atomic E-state index is 12.3. The fourth-order valence-electron chi connectivity index (χ4n) is 3.00. The van der Waals surface area contributed by atoms with Crippen LogP contribution in [0.25, 0.3) is 0 Å². The first-order valence-electron chi connectivity index (χ1n) is 7.98. The Balaban J connectivity index is 1.57. The third kappa shape index (κ3) is 3.93. The average molecular weight is 420 g/mol. The van der Waals surface area contributed by atoms with Gasteiger partial charge in [0.05, 0.1) is 5.56 Å². The van der Waals surface area contributed by atoms with Crippen LogP contribution in [-0.2, 0) is 13.0 Å². The van der Waals surface area contributed by atoms with Crippen LogP contribution in [0.3, 0.4) is 0 Å². The van der Waals surface area contributed by atoms with Crippen LogP contribution in [-0.4, -0.2) is 29.9 Å². The highest BCUT2D eigenvalue weighted by Crippen LogP contribution is 2.20. The summed E-state index contributed by atoms with van der Waals surface area (Å²) in [6.07, 6.45) is 1.09. The van der Waals surface area contributed by atoms with Gasteiger partial charge in [0.15, 0.2) is 0 Å². The van der Waals surface area contributed by atoms with Crippen LogP contribution in [0.1, 0.15) is 28.4 Å². The highest BCUT2D eigenvalue weighted by molar-refractivity contribution is 14.1. The van der Waals surface area contributed by atoms with Crippen LogP contribution in [0.2, 0.25) is 0 Å². The van der Waals surface area contributed by atoms with E-state index in [4.69, 9.17) is 0 Å². The number of carbonyl (C=O) groups is 1. The van der Waals surface area contributed by atoms with E-state index < -0.39 is 0 Å². The van der Waals surface area contributed by atoms with E-state index in [1.807, 2.05) is 24.3 Å². The minimum absolute atomic E-state index is 0.0132. The van der Waals surface area contributed by atoms with Gasteiger partial charge in [-0.25, -0.2) is 0 Å². The Labute approximate surface area is 151 Å². The Morgan fingerprint density at radius 3 is 2.65 bits per heavy atom. The molecule has 0 spiro atoms. The second kappa shape index (κ2) is 7.45. The van der Waals surface area contributed by atoms with Crippen molar-refractivity contribution in [1.29, 1.82) is 0 Å². The molecule has 3 rings (SSSR count). The summed E-state index contributed by atoms with van der Waals surface area (Å²) < 4.78 is 0.988. The summed E-state index contributed by atoms with van der Waals surface area (Å²) in [5, 5.41) is 3.08. The summed E-state index contributed by atoms with van der Waals surface area (Å²) in [5.41, 5.74) is 3.62. The van der Waals surface area contributed by atoms with Crippen molar-refractivity contribution in [1.82, 2.24) is 10.2 Å². The zero-order chi connectivity index (χ0) is 16.2. The lowest BCUT2D eigenvalue weighted by molar-refractivity contribution is 0.0931. The van der Waals surface area contributed by atoms with E-state index in [9.17, 15) is 4.79 Å². The Morgan fingerprint density at radius 2 is 1.87 bits per heavy atom. The molecule has 2 aromatic carbocycles. The molecule has 120 valence electrons. The summed E-state index contributed by atoms with van der Waals surface area (Å²) >= 11 is 2.20. The molecular formula is C19H21IN2O. The van der Waals surface area contributed by atoms with Crippen molar-refractivity contribution in [3.05, 3.63) is 68.8 Å². The van der Waals surface area contributed by atoms with E-state index in [-0.39, 0.29) is 5.91 Å². The smallest absolute Gasteiger partial charge is 0.252 e. The van der Waals surface area contributed by atoms with Gasteiger partial charge in [-0.15, -0.1) is 0 Å². The van der Waals surface area contributed by atoms with Crippen LogP contribution >= 0.6 is 22.6 Å². The van der Waals surface area contributed by atoms with E-state index in [1.165, 1.54) is 11.1 Å². The number of benzene rings is 2. The van der Waals surface area contributed by atoms with Crippen molar-refractivity contribution >= 4 is 28.5 Å². The molecule has 0 radical (unpaired) electrons. The van der Waals surface area contributed by atoms with Crippen LogP contribution in [0.4, 0.5) is 0 Å². The molecule has 1 unspecified atom stereocenters. The molecule has 0 bridgehead atoms. The Bertz CT molecular complexity index is 701. The second-order valence-electron chi connectivity index (χ2n) is 6.03. The Morgan fingerprint density at radius 1 is 1.17 bits per heavy atom. The van der Waals surface area contributed by atoms with Gasteiger partial charge in [-0.1, -0.05) is 36.4 Å². The normalized spacial score (nSPS) is 15.7. The fourth-order valence-corrected chi connectivity index (χ4v) is 3.64. The molecule has 0 saturated heterocycles. The molecule has 1 heterocycles. The fraction of sp³-hybridized carbons (Fsp3) is 0.316. The summed E-state index contributed by atoms with van der Waals surface area (Å²) in [6.45, 7) is 4.88. The largest absolute Gasteiger partial charge is 0.350 e. The molecule has 2 aromatic rings. The Kier molecular flexibility index (Phi) is 5.33. The number of nitrogens with one attached hydrogen (secondary N) is 1. The van der Waals surface area contributed by atoms with E-state index >= 15 is 0 Å². The van der Waals surface area contributed by atoms with Gasteiger partial charge in [-0.2, -0.15) is 0 Å². The van der Waals surface area contributed by atoms with Crippen molar-refractivity contribution in [2.75, 3.05) is 13.1 Å². The quantitative estimate of drug-likeness (QED) is 0.769. The molecular weight excluding hydrogens is 399 g/mol. The molecule has 1 N–H and O–H groups in total. The van der Waals surface area contributed by atoms with Crippen LogP contribution in [0, 0.1) is 3.57 Å². The van der Waals surface area contributed by atoms with Crippen molar-refractivity contribution in [2.45, 2.75) is 25.9 Å². The molecule has 1 amide bonds. The number of nitrogens with zero attached hydrogens (tertiary/aromatic N) is 1. The highest BCUT2D eigenvalue weighted by atomic mass is 127. The zero-order valence-electron chi connectivity index (χ0n) is 13.3. The predicted molar refractivity (Wildman–Crippen MR) is 102 cm³/mol. The summed E-state index contributed by atoms with van der Waals surface area (Å²) in [6, 6.07) is 16.7. The van der Waals surface area contributed by atoms with Crippen LogP contribution in [0.15, 0.2) is 48.5 Å². The maximum absolute atomic E-state index is 12.3. The SMILES string of the molecule is CC(CNC(=O)c1ccccc1I)N1CCc2ccccc2C1. The van der Waals surface area contributed by atoms with Crippen molar-refractivity contribution in [3.8, 4) is 0 Å². The van der Waals surface area contributed by atoms with Crippen molar-refractivity contribution in [3.63, 3.8) is 0 Å². The highest BCUT2D eigenvalue weighted by Gasteiger charge is 2.21. The van der Waals surface area contributed by atoms with Gasteiger partial charge in [0, 0.05) is 29.2 Å². The zero-order valence-corrected chi connectivity index (χ0v) is 15.4. The lowest BCUT2D eigenvalue weighted by Crippen LogP contribution is -2.44. The number of carbonyl (C=O) groups excluding carboxylic acids is 1. The average Bonchev–Trinajstić information content (AvgIpc) is 2.59. The number of halogens is 1. The minimum atomic E-state index is 0.0132. The van der Waals surface area contributed by atoms with E-state index in [0.29, 0.717) is 12.6 Å². The number of hydrogen-bond acceptors (Lipinski definition) is 2. The molecule has 4 heteroatoms. The molecule has 3 nitrogen and oxygen atoms in total. The standard InChI is InChI=1S/C19H21IN2O/c1-14(12-21-19(23)17-8-4-5-9-18(17)20)22-11-10-15-6-2-3-7-16(15)13-22/h2-9,14H,10-13H2,1H3,(H,21,23). The van der Waals surface area contributed by atoms with Crippen molar-refractivity contribution < 1.29 is 4.79 Å². The van der Waals surface area contributed by atoms with Gasteiger partial charge in [-0.3, -0.25) is 9.69 Å². The molecule has 0 aromatic heterocycles. The first kappa shape index (κ1) is 16.5. The summed E-state index contributed by atoms with van der Waals surface area (Å²) in [4.78, 5) is 14.8. The Hall–Kier alpha value is -1.40. The summed E-state index contributed by atoms with van der Waals surface area (Å²) in [5.74, 6) is 0.0132. The van der Waals surface area contributed by atoms with Gasteiger partial charge in [0.1, 0.15) is 0 Å².